The summed E-state index contributed by atoms with van der Waals surface area (Å²) in [6.07, 6.45) is 0. The zero-order chi connectivity index (χ0) is 14.5. The number of nitrogens with zero attached hydrogens (tertiary/aromatic N) is 1. The monoisotopic (exact) mass is 290 g/mol. The number of hydrogen-bond acceptors (Lipinski definition) is 4. The summed E-state index contributed by atoms with van der Waals surface area (Å²) in [5.41, 5.74) is 3.45. The van der Waals surface area contributed by atoms with Crippen LogP contribution >= 0.6 is 11.3 Å². The number of para-hydroxylation sites is 1. The quantitative estimate of drug-likeness (QED) is 0.852. The zero-order valence-electron chi connectivity index (χ0n) is 12.6. The Hall–Kier alpha value is -1.39. The maximum absolute atomic E-state index is 5.52. The van der Waals surface area contributed by atoms with Gasteiger partial charge in [0.1, 0.15) is 0 Å². The van der Waals surface area contributed by atoms with Crippen LogP contribution in [0.15, 0.2) is 24.3 Å². The largest absolute Gasteiger partial charge is 0.377 e. The molecule has 0 saturated heterocycles. The Balaban J connectivity index is 2.15. The molecule has 108 valence electrons. The Morgan fingerprint density at radius 1 is 1.30 bits per heavy atom. The van der Waals surface area contributed by atoms with E-state index in [4.69, 9.17) is 4.74 Å². The van der Waals surface area contributed by atoms with Crippen molar-refractivity contribution >= 4 is 17.0 Å². The Labute approximate surface area is 125 Å². The van der Waals surface area contributed by atoms with E-state index in [0.717, 1.165) is 23.0 Å². The lowest BCUT2D eigenvalue weighted by atomic mass is 10.1. The van der Waals surface area contributed by atoms with Gasteiger partial charge in [-0.3, -0.25) is 0 Å². The maximum Gasteiger partial charge on any atom is 0.0901 e. The molecule has 1 aromatic heterocycles. The van der Waals surface area contributed by atoms with Crippen molar-refractivity contribution in [3.63, 3.8) is 0 Å². The smallest absolute Gasteiger partial charge is 0.0901 e. The first-order valence-electron chi connectivity index (χ1n) is 6.98. The van der Waals surface area contributed by atoms with E-state index < -0.39 is 0 Å². The summed E-state index contributed by atoms with van der Waals surface area (Å²) < 4.78 is 5.52. The molecule has 0 aliphatic heterocycles. The molecule has 0 saturated carbocycles. The summed E-state index contributed by atoms with van der Waals surface area (Å²) in [4.78, 5) is 5.91. The van der Waals surface area contributed by atoms with Gasteiger partial charge in [0.2, 0.25) is 0 Å². The molecule has 20 heavy (non-hydrogen) atoms. The first-order valence-corrected chi connectivity index (χ1v) is 7.79. The molecule has 1 aromatic carbocycles. The molecule has 0 aliphatic rings. The van der Waals surface area contributed by atoms with E-state index in [1.165, 1.54) is 10.4 Å². The molecular formula is C16H22N2OS. The van der Waals surface area contributed by atoms with E-state index in [1.54, 1.807) is 11.3 Å². The van der Waals surface area contributed by atoms with Crippen LogP contribution in [0.1, 0.15) is 41.0 Å². The molecule has 1 atom stereocenters. The van der Waals surface area contributed by atoms with Crippen LogP contribution in [0.25, 0.3) is 0 Å². The fourth-order valence-electron chi connectivity index (χ4n) is 2.25. The van der Waals surface area contributed by atoms with Gasteiger partial charge in [-0.05, 0) is 33.8 Å². The first-order chi connectivity index (χ1) is 9.61. The Bertz CT molecular complexity index is 565. The summed E-state index contributed by atoms with van der Waals surface area (Å²) >= 11 is 1.75. The van der Waals surface area contributed by atoms with E-state index in [0.29, 0.717) is 6.61 Å². The Morgan fingerprint density at radius 3 is 2.70 bits per heavy atom. The lowest BCUT2D eigenvalue weighted by Crippen LogP contribution is -2.10. The molecule has 0 aliphatic carbocycles. The molecule has 0 spiro atoms. The molecule has 1 N–H and O–H groups in total. The van der Waals surface area contributed by atoms with Crippen LogP contribution < -0.4 is 5.32 Å². The molecule has 0 bridgehead atoms. The second kappa shape index (κ2) is 6.86. The number of nitrogens with one attached hydrogen (secondary N) is 1. The highest BCUT2D eigenvalue weighted by molar-refractivity contribution is 7.11. The van der Waals surface area contributed by atoms with Crippen molar-refractivity contribution in [2.75, 3.05) is 11.9 Å². The fourth-order valence-corrected chi connectivity index (χ4v) is 3.16. The average molecular weight is 290 g/mol. The summed E-state index contributed by atoms with van der Waals surface area (Å²) in [6, 6.07) is 8.48. The Kier molecular flexibility index (Phi) is 5.15. The van der Waals surface area contributed by atoms with Crippen LogP contribution in [0.3, 0.4) is 0 Å². The van der Waals surface area contributed by atoms with Gasteiger partial charge in [-0.25, -0.2) is 4.98 Å². The first kappa shape index (κ1) is 15.0. The van der Waals surface area contributed by atoms with Crippen molar-refractivity contribution in [2.45, 2.75) is 40.3 Å². The normalized spacial score (nSPS) is 12.4. The Morgan fingerprint density at radius 2 is 2.05 bits per heavy atom. The lowest BCUT2D eigenvalue weighted by molar-refractivity contribution is 0.134. The number of benzene rings is 1. The van der Waals surface area contributed by atoms with Gasteiger partial charge in [-0.1, -0.05) is 18.2 Å². The minimum Gasteiger partial charge on any atom is -0.377 e. The van der Waals surface area contributed by atoms with E-state index in [-0.39, 0.29) is 6.04 Å². The minimum atomic E-state index is 0.197. The molecular weight excluding hydrogens is 268 g/mol. The number of anilines is 1. The number of ether oxygens (including phenoxy) is 1. The van der Waals surface area contributed by atoms with Gasteiger partial charge >= 0.3 is 0 Å². The highest BCUT2D eigenvalue weighted by atomic mass is 32.1. The lowest BCUT2D eigenvalue weighted by Gasteiger charge is -2.17. The standard InChI is InChI=1S/C16H22N2OS/c1-5-19-10-14-8-6-7-9-15(14)17-11(2)16-12(3)20-13(4)18-16/h6-9,11,17H,5,10H2,1-4H3. The fraction of sp³-hybridized carbons (Fsp3) is 0.438. The maximum atomic E-state index is 5.52. The van der Waals surface area contributed by atoms with Crippen molar-refractivity contribution in [1.29, 1.82) is 0 Å². The van der Waals surface area contributed by atoms with Crippen molar-refractivity contribution in [3.05, 3.63) is 45.4 Å². The number of rotatable bonds is 6. The molecule has 4 heteroatoms. The van der Waals surface area contributed by atoms with Gasteiger partial charge in [0, 0.05) is 22.7 Å². The minimum absolute atomic E-state index is 0.197. The summed E-state index contributed by atoms with van der Waals surface area (Å²) in [7, 11) is 0. The van der Waals surface area contributed by atoms with Crippen molar-refractivity contribution in [1.82, 2.24) is 4.98 Å². The molecule has 3 nitrogen and oxygen atoms in total. The number of aryl methyl sites for hydroxylation is 2. The summed E-state index contributed by atoms with van der Waals surface area (Å²) in [5.74, 6) is 0. The number of hydrogen-bond donors (Lipinski definition) is 1. The molecule has 1 heterocycles. The molecule has 2 rings (SSSR count). The van der Waals surface area contributed by atoms with E-state index in [2.05, 4.69) is 43.2 Å². The third-order valence-corrected chi connectivity index (χ3v) is 4.10. The number of thiazole rings is 1. The van der Waals surface area contributed by atoms with Gasteiger partial charge in [0.15, 0.2) is 0 Å². The van der Waals surface area contributed by atoms with Gasteiger partial charge in [-0.15, -0.1) is 11.3 Å². The van der Waals surface area contributed by atoms with Crippen molar-refractivity contribution < 1.29 is 4.74 Å². The van der Waals surface area contributed by atoms with Gasteiger partial charge in [0.05, 0.1) is 23.4 Å². The van der Waals surface area contributed by atoms with Crippen molar-refractivity contribution in [3.8, 4) is 0 Å². The van der Waals surface area contributed by atoms with Crippen LogP contribution in [0, 0.1) is 13.8 Å². The summed E-state index contributed by atoms with van der Waals surface area (Å²) in [6.45, 7) is 9.72. The molecule has 0 amide bonds. The van der Waals surface area contributed by atoms with Gasteiger partial charge in [0.25, 0.3) is 0 Å². The third kappa shape index (κ3) is 3.58. The number of aromatic nitrogens is 1. The SMILES string of the molecule is CCOCc1ccccc1NC(C)c1nc(C)sc1C. The van der Waals surface area contributed by atoms with E-state index >= 15 is 0 Å². The molecule has 0 radical (unpaired) electrons. The van der Waals surface area contributed by atoms with Gasteiger partial charge < -0.3 is 10.1 Å². The second-order valence-electron chi connectivity index (χ2n) is 4.83. The predicted molar refractivity (Wildman–Crippen MR) is 85.4 cm³/mol. The van der Waals surface area contributed by atoms with Gasteiger partial charge in [-0.2, -0.15) is 0 Å². The van der Waals surface area contributed by atoms with Crippen LogP contribution in [0.4, 0.5) is 5.69 Å². The van der Waals surface area contributed by atoms with E-state index in [1.807, 2.05) is 19.1 Å². The second-order valence-corrected chi connectivity index (χ2v) is 6.24. The van der Waals surface area contributed by atoms with Crippen LogP contribution in [0.5, 0.6) is 0 Å². The highest BCUT2D eigenvalue weighted by Crippen LogP contribution is 2.27. The topological polar surface area (TPSA) is 34.1 Å². The van der Waals surface area contributed by atoms with Crippen molar-refractivity contribution in [2.24, 2.45) is 0 Å². The summed E-state index contributed by atoms with van der Waals surface area (Å²) in [5, 5.41) is 4.67. The van der Waals surface area contributed by atoms with Crippen LogP contribution in [0.2, 0.25) is 0 Å². The third-order valence-electron chi connectivity index (χ3n) is 3.20. The molecule has 2 aromatic rings. The molecule has 0 fully saturated rings. The molecule has 1 unspecified atom stereocenters. The zero-order valence-corrected chi connectivity index (χ0v) is 13.4. The van der Waals surface area contributed by atoms with Crippen LogP contribution in [-0.2, 0) is 11.3 Å². The van der Waals surface area contributed by atoms with E-state index in [9.17, 15) is 0 Å². The highest BCUT2D eigenvalue weighted by Gasteiger charge is 2.14. The van der Waals surface area contributed by atoms with Crippen LogP contribution in [-0.4, -0.2) is 11.6 Å². The average Bonchev–Trinajstić information content (AvgIpc) is 2.77. The predicted octanol–water partition coefficient (Wildman–Crippen LogP) is 4.47.